The van der Waals surface area contributed by atoms with Gasteiger partial charge >= 0.3 is 113 Å². The molecule has 0 spiro atoms. The number of hydrogen-bond donors (Lipinski definition) is 4. The third kappa shape index (κ3) is 34.6. The van der Waals surface area contributed by atoms with E-state index in [2.05, 4.69) is 0 Å². The van der Waals surface area contributed by atoms with E-state index in [0.717, 1.165) is 9.80 Å². The first kappa shape index (κ1) is 38.4. The van der Waals surface area contributed by atoms with E-state index in [1.807, 2.05) is 0 Å². The number of nitrogens with zero attached hydrogens (tertiary/aromatic N) is 2. The molecule has 0 fully saturated rings. The van der Waals surface area contributed by atoms with Gasteiger partial charge < -0.3 is 35.5 Å². The van der Waals surface area contributed by atoms with Crippen LogP contribution in [-0.4, -0.2) is 101 Å². The number of hydrogen-bond acceptors (Lipinski definition) is 9. The first-order valence-electron chi connectivity index (χ1n) is 6.23. The maximum absolute atomic E-state index is 10.6. The maximum atomic E-state index is 10.6. The monoisotopic (exact) mass is 420 g/mol. The van der Waals surface area contributed by atoms with Crippen molar-refractivity contribution < 1.29 is 143 Å². The normalized spacial score (nSPS) is 8.93. The predicted octanol–water partition coefficient (Wildman–Crippen LogP) is -15.0. The molecule has 13 nitrogen and oxygen atoms in total. The Morgan fingerprint density at radius 1 is 0.593 bits per heavy atom. The minimum atomic E-state index is -2.92. The summed E-state index contributed by atoms with van der Waals surface area (Å²) in [5.41, 5.74) is 0. The van der Waals surface area contributed by atoms with Crippen LogP contribution in [0.5, 0.6) is 0 Å². The summed E-state index contributed by atoms with van der Waals surface area (Å²) in [6.45, 7) is -2.25. The molecule has 0 atom stereocenters. The third-order valence-electron chi connectivity index (χ3n) is 2.17. The van der Waals surface area contributed by atoms with Crippen LogP contribution < -0.4 is 104 Å². The third-order valence-corrected chi connectivity index (χ3v) is 2.17. The van der Waals surface area contributed by atoms with E-state index < -0.39 is 57.4 Å². The Morgan fingerprint density at radius 2 is 0.741 bits per heavy atom. The van der Waals surface area contributed by atoms with Crippen LogP contribution in [0.3, 0.4) is 0 Å². The molecule has 0 radical (unpaired) electrons. The van der Waals surface area contributed by atoms with Crippen molar-refractivity contribution in [2.45, 2.75) is 0 Å². The Morgan fingerprint density at radius 3 is 0.852 bits per heavy atom. The molecule has 0 aliphatic heterocycles. The van der Waals surface area contributed by atoms with Crippen molar-refractivity contribution in [1.29, 1.82) is 0 Å². The number of aliphatic carboxylic acids is 4. The van der Waals surface area contributed by atoms with Crippen LogP contribution in [-0.2, 0) is 19.2 Å². The summed E-state index contributed by atoms with van der Waals surface area (Å²) in [7, 11) is -2.92. The van der Waals surface area contributed by atoms with Crippen LogP contribution in [0.1, 0.15) is 0 Å². The van der Waals surface area contributed by atoms with E-state index in [1.54, 1.807) is 0 Å². The molecule has 0 aromatic rings. The van der Waals surface area contributed by atoms with E-state index in [4.69, 9.17) is 35.5 Å². The Balaban J connectivity index is -0.000000209. The summed E-state index contributed by atoms with van der Waals surface area (Å²) in [6.07, 6.45) is 0. The van der Waals surface area contributed by atoms with Gasteiger partial charge in [0.1, 0.15) is 0 Å². The zero-order valence-corrected chi connectivity index (χ0v) is 21.4. The van der Waals surface area contributed by atoms with E-state index in [1.165, 1.54) is 0 Å². The molecular formula is C10H16BN2Na3O11. The predicted molar refractivity (Wildman–Crippen MR) is 69.2 cm³/mol. The fourth-order valence-electron chi connectivity index (χ4n) is 1.48. The molecule has 138 valence electrons. The van der Waals surface area contributed by atoms with Crippen LogP contribution >= 0.6 is 0 Å². The molecular weight excluding hydrogens is 404 g/mol. The fraction of sp³-hybridized carbons (Fsp3) is 0.600. The number of carboxylic acids is 4. The van der Waals surface area contributed by atoms with Crippen molar-refractivity contribution in [3.8, 4) is 0 Å². The second-order valence-corrected chi connectivity index (χ2v) is 4.28. The van der Waals surface area contributed by atoms with Gasteiger partial charge in [-0.15, -0.1) is 0 Å². The van der Waals surface area contributed by atoms with Gasteiger partial charge in [-0.1, -0.05) is 0 Å². The molecule has 27 heavy (non-hydrogen) atoms. The summed E-state index contributed by atoms with van der Waals surface area (Å²) in [5, 5.41) is 59.7. The van der Waals surface area contributed by atoms with Crippen molar-refractivity contribution in [3.63, 3.8) is 0 Å². The summed E-state index contributed by atoms with van der Waals surface area (Å²) in [5.74, 6) is -4.91. The van der Waals surface area contributed by atoms with E-state index in [-0.39, 0.29) is 102 Å². The van der Waals surface area contributed by atoms with Crippen molar-refractivity contribution >= 4 is 31.2 Å². The molecule has 0 rings (SSSR count). The summed E-state index contributed by atoms with van der Waals surface area (Å²) < 4.78 is 0. The molecule has 0 unspecified atom stereocenters. The summed E-state index contributed by atoms with van der Waals surface area (Å²) >= 11 is 0. The molecule has 0 bridgehead atoms. The Hall–Kier alpha value is 0.745. The van der Waals surface area contributed by atoms with Gasteiger partial charge in [0.05, 0.1) is 26.2 Å². The number of rotatable bonds is 11. The van der Waals surface area contributed by atoms with Crippen LogP contribution in [0, 0.1) is 0 Å². The van der Waals surface area contributed by atoms with E-state index in [9.17, 15) is 19.2 Å². The first-order valence-corrected chi connectivity index (χ1v) is 6.23. The quantitative estimate of drug-likeness (QED) is 0.228. The average Bonchev–Trinajstić information content (AvgIpc) is 2.32. The molecule has 4 N–H and O–H groups in total. The van der Waals surface area contributed by atoms with Gasteiger partial charge in [0.2, 0.25) is 0 Å². The number of carboxylic acid groups (broad SMARTS) is 4. The molecule has 0 saturated heterocycles. The summed E-state index contributed by atoms with van der Waals surface area (Å²) in [6, 6.07) is 0. The standard InChI is InChI=1S/C10H16N2O8.BO3.3Na/c13-7(14)3-11(4-8(15)16)1-2-12(5-9(17)18)6-10(19)20;2-1(3)4;;;/h1-6H2,(H,13,14)(H,15,16)(H,17,18)(H,19,20);;;;/q;-3;3*+1. The molecule has 17 heteroatoms. The topological polar surface area (TPSA) is 225 Å². The van der Waals surface area contributed by atoms with Crippen molar-refractivity contribution in [2.75, 3.05) is 39.3 Å². The average molecular weight is 420 g/mol. The Kier molecular flexibility index (Phi) is 32.7. The first-order chi connectivity index (χ1) is 10.9. The zero-order valence-electron chi connectivity index (χ0n) is 15.4. The van der Waals surface area contributed by atoms with Crippen molar-refractivity contribution in [3.05, 3.63) is 0 Å². The van der Waals surface area contributed by atoms with Crippen LogP contribution in [0.2, 0.25) is 0 Å². The zero-order chi connectivity index (χ0) is 19.3. The van der Waals surface area contributed by atoms with E-state index >= 15 is 0 Å². The molecule has 0 amide bonds. The van der Waals surface area contributed by atoms with Crippen LogP contribution in [0.15, 0.2) is 0 Å². The van der Waals surface area contributed by atoms with Gasteiger partial charge in [-0.05, 0) is 0 Å². The van der Waals surface area contributed by atoms with E-state index in [0.29, 0.717) is 0 Å². The minimum Gasteiger partial charge on any atom is -0.907 e. The van der Waals surface area contributed by atoms with Gasteiger partial charge in [-0.2, -0.15) is 0 Å². The van der Waals surface area contributed by atoms with Gasteiger partial charge in [0.15, 0.2) is 0 Å². The largest absolute Gasteiger partial charge is 1.00 e. The van der Waals surface area contributed by atoms with Crippen LogP contribution in [0.4, 0.5) is 0 Å². The molecule has 0 aliphatic rings. The van der Waals surface area contributed by atoms with Gasteiger partial charge in [0, 0.05) is 13.1 Å². The second kappa shape index (κ2) is 23.0. The van der Waals surface area contributed by atoms with Gasteiger partial charge in [-0.3, -0.25) is 36.3 Å². The van der Waals surface area contributed by atoms with Crippen molar-refractivity contribution in [1.82, 2.24) is 9.80 Å². The fourth-order valence-corrected chi connectivity index (χ4v) is 1.48. The molecule has 0 aromatic heterocycles. The van der Waals surface area contributed by atoms with Gasteiger partial charge in [0.25, 0.3) is 0 Å². The van der Waals surface area contributed by atoms with Crippen LogP contribution in [0.25, 0.3) is 0 Å². The smallest absolute Gasteiger partial charge is 0.907 e. The second-order valence-electron chi connectivity index (χ2n) is 4.28. The maximum Gasteiger partial charge on any atom is 1.00 e. The van der Waals surface area contributed by atoms with Gasteiger partial charge in [-0.25, -0.2) is 0 Å². The summed E-state index contributed by atoms with van der Waals surface area (Å²) in [4.78, 5) is 44.4. The van der Waals surface area contributed by atoms with Crippen molar-refractivity contribution in [2.24, 2.45) is 0 Å². The molecule has 0 saturated carbocycles. The Labute approximate surface area is 221 Å². The molecule has 0 aliphatic carbocycles. The molecule has 0 aromatic carbocycles. The minimum absolute atomic E-state index is 0. The SMILES string of the molecule is O=C(O)CN(CCN(CC(=O)O)CC(=O)O)CC(=O)O.[Na+].[Na+].[Na+].[O-]B([O-])[O-]. The molecule has 0 heterocycles. The Bertz CT molecular complexity index is 374. The number of carbonyl (C=O) groups is 4.